The van der Waals surface area contributed by atoms with Crippen LogP contribution >= 0.6 is 46.6 Å². The molecule has 0 aliphatic rings. The van der Waals surface area contributed by atoms with E-state index in [1.807, 2.05) is 13.1 Å². The molecular weight excluding hydrogens is 374 g/mol. The molecule has 0 aliphatic carbocycles. The fourth-order valence-electron chi connectivity index (χ4n) is 1.25. The van der Waals surface area contributed by atoms with Crippen LogP contribution in [0.2, 0.25) is 5.02 Å². The van der Waals surface area contributed by atoms with Crippen molar-refractivity contribution < 1.29 is 4.79 Å². The van der Waals surface area contributed by atoms with E-state index in [0.717, 1.165) is 10.1 Å². The van der Waals surface area contributed by atoms with Crippen molar-refractivity contribution in [2.75, 3.05) is 27.2 Å². The first-order valence-corrected chi connectivity index (χ1v) is 6.37. The molecule has 6 heteroatoms. The maximum atomic E-state index is 12.0. The summed E-state index contributed by atoms with van der Waals surface area (Å²) < 4.78 is 1.01. The molecule has 0 unspecified atom stereocenters. The molecule has 0 heterocycles. The zero-order valence-corrected chi connectivity index (χ0v) is 13.4. The fourth-order valence-corrected chi connectivity index (χ4v) is 1.94. The van der Waals surface area contributed by atoms with Gasteiger partial charge in [0.2, 0.25) is 0 Å². The Morgan fingerprint density at radius 2 is 2.18 bits per heavy atom. The number of amides is 1. The first kappa shape index (κ1) is 17.0. The number of carbonyl (C=O) groups is 1. The van der Waals surface area contributed by atoms with E-state index in [1.165, 1.54) is 0 Å². The van der Waals surface area contributed by atoms with Crippen LogP contribution in [0.1, 0.15) is 10.4 Å². The number of halogens is 3. The summed E-state index contributed by atoms with van der Waals surface area (Å²) in [6, 6.07) is 5.44. The summed E-state index contributed by atoms with van der Waals surface area (Å²) in [5.74, 6) is -0.0428. The lowest BCUT2D eigenvalue weighted by Gasteiger charge is -2.17. The van der Waals surface area contributed by atoms with Gasteiger partial charge in [-0.25, -0.2) is 0 Å². The molecule has 1 aromatic carbocycles. The number of nitrogens with zero attached hydrogens (tertiary/aromatic N) is 1. The molecular formula is C11H15Cl2IN2O. The third kappa shape index (κ3) is 4.99. The number of rotatable bonds is 4. The highest BCUT2D eigenvalue weighted by atomic mass is 127. The van der Waals surface area contributed by atoms with E-state index in [2.05, 4.69) is 27.9 Å². The topological polar surface area (TPSA) is 32.3 Å². The predicted molar refractivity (Wildman–Crippen MR) is 82.3 cm³/mol. The van der Waals surface area contributed by atoms with Gasteiger partial charge in [0, 0.05) is 23.7 Å². The van der Waals surface area contributed by atoms with Crippen LogP contribution in [0.5, 0.6) is 0 Å². The van der Waals surface area contributed by atoms with E-state index in [4.69, 9.17) is 11.6 Å². The summed E-state index contributed by atoms with van der Waals surface area (Å²) in [5, 5.41) is 3.50. The molecule has 0 atom stereocenters. The van der Waals surface area contributed by atoms with E-state index < -0.39 is 0 Å². The summed E-state index contributed by atoms with van der Waals surface area (Å²) >= 11 is 8.17. The smallest absolute Gasteiger partial charge is 0.255 e. The van der Waals surface area contributed by atoms with E-state index in [0.29, 0.717) is 17.1 Å². The van der Waals surface area contributed by atoms with Gasteiger partial charge in [-0.3, -0.25) is 4.79 Å². The molecule has 1 rings (SSSR count). The number of benzene rings is 1. The molecule has 0 fully saturated rings. The first-order chi connectivity index (χ1) is 7.56. The number of nitrogens with one attached hydrogen (secondary N) is 1. The summed E-state index contributed by atoms with van der Waals surface area (Å²) in [6.45, 7) is 1.43. The van der Waals surface area contributed by atoms with Crippen LogP contribution in [-0.2, 0) is 0 Å². The SMILES string of the molecule is CNCCN(C)C(=O)c1cc(I)ccc1Cl.Cl. The molecule has 0 radical (unpaired) electrons. The minimum absolute atomic E-state index is 0. The Labute approximate surface area is 126 Å². The Hall–Kier alpha value is -0.0400. The summed E-state index contributed by atoms with van der Waals surface area (Å²) in [6.07, 6.45) is 0. The Bertz CT molecular complexity index is 388. The zero-order chi connectivity index (χ0) is 12.1. The van der Waals surface area contributed by atoms with Gasteiger partial charge in [-0.2, -0.15) is 0 Å². The molecule has 0 spiro atoms. The highest BCUT2D eigenvalue weighted by molar-refractivity contribution is 14.1. The predicted octanol–water partition coefficient (Wildman–Crippen LogP) is 2.66. The second-order valence-electron chi connectivity index (χ2n) is 3.45. The number of hydrogen-bond donors (Lipinski definition) is 1. The summed E-state index contributed by atoms with van der Waals surface area (Å²) in [7, 11) is 3.63. The van der Waals surface area contributed by atoms with E-state index in [9.17, 15) is 4.79 Å². The Morgan fingerprint density at radius 3 is 2.76 bits per heavy atom. The largest absolute Gasteiger partial charge is 0.340 e. The second-order valence-corrected chi connectivity index (χ2v) is 5.11. The molecule has 17 heavy (non-hydrogen) atoms. The van der Waals surface area contributed by atoms with E-state index in [1.54, 1.807) is 24.1 Å². The van der Waals surface area contributed by atoms with Crippen molar-refractivity contribution in [2.45, 2.75) is 0 Å². The monoisotopic (exact) mass is 388 g/mol. The minimum Gasteiger partial charge on any atom is -0.340 e. The van der Waals surface area contributed by atoms with Crippen molar-refractivity contribution >= 4 is 52.5 Å². The molecule has 0 saturated heterocycles. The first-order valence-electron chi connectivity index (χ1n) is 4.91. The molecule has 0 bridgehead atoms. The van der Waals surface area contributed by atoms with Crippen LogP contribution in [0, 0.1) is 3.57 Å². The highest BCUT2D eigenvalue weighted by Crippen LogP contribution is 2.20. The van der Waals surface area contributed by atoms with Gasteiger partial charge in [0.15, 0.2) is 0 Å². The van der Waals surface area contributed by atoms with Gasteiger partial charge in [-0.15, -0.1) is 12.4 Å². The quantitative estimate of drug-likeness (QED) is 0.804. The fraction of sp³-hybridized carbons (Fsp3) is 0.364. The van der Waals surface area contributed by atoms with E-state index >= 15 is 0 Å². The van der Waals surface area contributed by atoms with Crippen molar-refractivity contribution in [3.8, 4) is 0 Å². The normalized spacial score (nSPS) is 9.65. The van der Waals surface area contributed by atoms with Gasteiger partial charge in [-0.05, 0) is 47.8 Å². The van der Waals surface area contributed by atoms with Gasteiger partial charge in [0.1, 0.15) is 0 Å². The molecule has 0 saturated carbocycles. The standard InChI is InChI=1S/C11H14ClIN2O.ClH/c1-14-5-6-15(2)11(16)9-7-8(13)3-4-10(9)12;/h3-4,7,14H,5-6H2,1-2H3;1H. The molecule has 1 amide bonds. The second kappa shape index (κ2) is 8.13. The molecule has 1 N–H and O–H groups in total. The van der Waals surface area contributed by atoms with Gasteiger partial charge >= 0.3 is 0 Å². The zero-order valence-electron chi connectivity index (χ0n) is 9.67. The lowest BCUT2D eigenvalue weighted by molar-refractivity contribution is 0.0797. The van der Waals surface area contributed by atoms with Crippen LogP contribution in [0.4, 0.5) is 0 Å². The van der Waals surface area contributed by atoms with Crippen LogP contribution in [-0.4, -0.2) is 38.0 Å². The average molecular weight is 389 g/mol. The van der Waals surface area contributed by atoms with Crippen molar-refractivity contribution in [1.29, 1.82) is 0 Å². The van der Waals surface area contributed by atoms with Crippen molar-refractivity contribution in [3.63, 3.8) is 0 Å². The van der Waals surface area contributed by atoms with E-state index in [-0.39, 0.29) is 18.3 Å². The van der Waals surface area contributed by atoms with Crippen LogP contribution in [0.25, 0.3) is 0 Å². The summed E-state index contributed by atoms with van der Waals surface area (Å²) in [4.78, 5) is 13.7. The van der Waals surface area contributed by atoms with Crippen LogP contribution < -0.4 is 5.32 Å². The molecule has 0 aromatic heterocycles. The Balaban J connectivity index is 0.00000256. The summed E-state index contributed by atoms with van der Waals surface area (Å²) in [5.41, 5.74) is 0.562. The van der Waals surface area contributed by atoms with Crippen molar-refractivity contribution in [2.24, 2.45) is 0 Å². The average Bonchev–Trinajstić information content (AvgIpc) is 2.28. The third-order valence-electron chi connectivity index (χ3n) is 2.20. The van der Waals surface area contributed by atoms with Crippen molar-refractivity contribution in [3.05, 3.63) is 32.4 Å². The van der Waals surface area contributed by atoms with Crippen molar-refractivity contribution in [1.82, 2.24) is 10.2 Å². The lowest BCUT2D eigenvalue weighted by atomic mass is 10.2. The number of carbonyl (C=O) groups excluding carboxylic acids is 1. The molecule has 0 aliphatic heterocycles. The molecule has 3 nitrogen and oxygen atoms in total. The Morgan fingerprint density at radius 1 is 1.53 bits per heavy atom. The molecule has 1 aromatic rings. The van der Waals surface area contributed by atoms with Gasteiger partial charge < -0.3 is 10.2 Å². The minimum atomic E-state index is -0.0428. The third-order valence-corrected chi connectivity index (χ3v) is 3.20. The molecule has 96 valence electrons. The number of hydrogen-bond acceptors (Lipinski definition) is 2. The maximum absolute atomic E-state index is 12.0. The van der Waals surface area contributed by atoms with Gasteiger partial charge in [0.05, 0.1) is 10.6 Å². The number of likely N-dealkylation sites (N-methyl/N-ethyl adjacent to an activating group) is 2. The highest BCUT2D eigenvalue weighted by Gasteiger charge is 2.14. The van der Waals surface area contributed by atoms with Gasteiger partial charge in [-0.1, -0.05) is 11.6 Å². The lowest BCUT2D eigenvalue weighted by Crippen LogP contribution is -2.32. The maximum Gasteiger partial charge on any atom is 0.255 e. The van der Waals surface area contributed by atoms with Gasteiger partial charge in [0.25, 0.3) is 5.91 Å². The van der Waals surface area contributed by atoms with Crippen LogP contribution in [0.15, 0.2) is 18.2 Å². The Kier molecular flexibility index (Phi) is 8.11. The van der Waals surface area contributed by atoms with Crippen LogP contribution in [0.3, 0.4) is 0 Å².